The molecule has 1 aromatic heterocycles. The van der Waals surface area contributed by atoms with Crippen molar-refractivity contribution in [1.82, 2.24) is 5.32 Å². The van der Waals surface area contributed by atoms with Crippen LogP contribution in [0.1, 0.15) is 16.1 Å². The molecule has 0 bridgehead atoms. The van der Waals surface area contributed by atoms with Crippen LogP contribution < -0.4 is 5.32 Å². The lowest BCUT2D eigenvalue weighted by Gasteiger charge is -2.05. The minimum atomic E-state index is -0.689. The molecule has 0 radical (unpaired) electrons. The van der Waals surface area contributed by atoms with Crippen molar-refractivity contribution in [3.8, 4) is 0 Å². The molecule has 0 saturated carbocycles. The van der Waals surface area contributed by atoms with Gasteiger partial charge in [0.15, 0.2) is 0 Å². The summed E-state index contributed by atoms with van der Waals surface area (Å²) >= 11 is 0. The summed E-state index contributed by atoms with van der Waals surface area (Å²) in [5, 5.41) is 12.8. The zero-order valence-corrected chi connectivity index (χ0v) is 11.4. The van der Waals surface area contributed by atoms with Crippen molar-refractivity contribution in [2.75, 3.05) is 6.54 Å². The maximum atomic E-state index is 11.7. The molecule has 2 aromatic rings. The first-order valence-electron chi connectivity index (χ1n) is 6.28. The number of nitrogens with one attached hydrogen (secondary N) is 1. The summed E-state index contributed by atoms with van der Waals surface area (Å²) in [6.07, 6.45) is 0. The lowest BCUT2D eigenvalue weighted by molar-refractivity contribution is -0.402. The molecule has 8 nitrogen and oxygen atoms in total. The molecule has 8 heteroatoms. The van der Waals surface area contributed by atoms with Crippen LogP contribution in [0.4, 0.5) is 5.88 Å². The van der Waals surface area contributed by atoms with Crippen LogP contribution in [0, 0.1) is 10.1 Å². The van der Waals surface area contributed by atoms with Crippen molar-refractivity contribution < 1.29 is 23.7 Å². The number of hydrogen-bond donors (Lipinski definition) is 1. The van der Waals surface area contributed by atoms with E-state index in [-0.39, 0.29) is 18.9 Å². The molecule has 22 heavy (non-hydrogen) atoms. The van der Waals surface area contributed by atoms with Gasteiger partial charge < -0.3 is 14.5 Å². The molecule has 0 fully saturated rings. The molecule has 1 heterocycles. The average Bonchev–Trinajstić information content (AvgIpc) is 3.00. The van der Waals surface area contributed by atoms with Gasteiger partial charge in [0.05, 0.1) is 6.07 Å². The summed E-state index contributed by atoms with van der Waals surface area (Å²) in [6, 6.07) is 10.9. The van der Waals surface area contributed by atoms with E-state index < -0.39 is 22.7 Å². The van der Waals surface area contributed by atoms with E-state index in [0.717, 1.165) is 0 Å². The number of carbonyl (C=O) groups is 2. The molecule has 0 spiro atoms. The fourth-order valence-electron chi connectivity index (χ4n) is 1.59. The minimum Gasteiger partial charge on any atom is -0.456 e. The fraction of sp³-hybridized carbons (Fsp3) is 0.143. The largest absolute Gasteiger partial charge is 0.456 e. The molecule has 0 aliphatic heterocycles. The second kappa shape index (κ2) is 7.02. The first kappa shape index (κ1) is 15.2. The molecular weight excluding hydrogens is 292 g/mol. The molecule has 1 N–H and O–H groups in total. The van der Waals surface area contributed by atoms with Gasteiger partial charge in [0.25, 0.3) is 5.91 Å². The maximum Gasteiger partial charge on any atom is 0.433 e. The number of ether oxygens (including phenoxy) is 1. The van der Waals surface area contributed by atoms with E-state index in [1.54, 1.807) is 30.3 Å². The van der Waals surface area contributed by atoms with Gasteiger partial charge in [0, 0.05) is 5.56 Å². The quantitative estimate of drug-likeness (QED) is 0.493. The first-order valence-corrected chi connectivity index (χ1v) is 6.28. The highest BCUT2D eigenvalue weighted by Gasteiger charge is 2.13. The van der Waals surface area contributed by atoms with E-state index >= 15 is 0 Å². The van der Waals surface area contributed by atoms with Crippen molar-refractivity contribution in [3.05, 3.63) is 63.9 Å². The molecular formula is C14H12N2O6. The molecule has 0 aliphatic rings. The molecule has 1 amide bonds. The second-order valence-electron chi connectivity index (χ2n) is 4.21. The highest BCUT2D eigenvalue weighted by Crippen LogP contribution is 2.16. The molecule has 1 aromatic carbocycles. The van der Waals surface area contributed by atoms with Crippen LogP contribution in [0.15, 0.2) is 46.9 Å². The van der Waals surface area contributed by atoms with Crippen molar-refractivity contribution in [2.45, 2.75) is 6.61 Å². The fourth-order valence-corrected chi connectivity index (χ4v) is 1.59. The maximum absolute atomic E-state index is 11.7. The van der Waals surface area contributed by atoms with E-state index in [1.165, 1.54) is 12.1 Å². The first-order chi connectivity index (χ1) is 10.6. The van der Waals surface area contributed by atoms with Crippen LogP contribution in [-0.4, -0.2) is 23.3 Å². The van der Waals surface area contributed by atoms with Crippen LogP contribution in [0.25, 0.3) is 0 Å². The Bertz CT molecular complexity index is 680. The number of nitrogens with zero attached hydrogens (tertiary/aromatic N) is 1. The van der Waals surface area contributed by atoms with Crippen LogP contribution in [-0.2, 0) is 16.1 Å². The predicted molar refractivity (Wildman–Crippen MR) is 73.9 cm³/mol. The lowest BCUT2D eigenvalue weighted by atomic mass is 10.2. The van der Waals surface area contributed by atoms with E-state index in [2.05, 4.69) is 5.32 Å². The Morgan fingerprint density at radius 2 is 1.91 bits per heavy atom. The SMILES string of the molecule is O=C(CNC(=O)c1ccccc1)OCc1ccc([N+](=O)[O-])o1. The number of nitro groups is 1. The number of furan rings is 1. The van der Waals surface area contributed by atoms with E-state index in [1.807, 2.05) is 0 Å². The van der Waals surface area contributed by atoms with Gasteiger partial charge in [-0.1, -0.05) is 18.2 Å². The Kier molecular flexibility index (Phi) is 4.86. The van der Waals surface area contributed by atoms with Gasteiger partial charge in [-0.05, 0) is 18.2 Å². The lowest BCUT2D eigenvalue weighted by Crippen LogP contribution is -2.30. The number of benzene rings is 1. The normalized spacial score (nSPS) is 10.0. The number of hydrogen-bond acceptors (Lipinski definition) is 6. The second-order valence-corrected chi connectivity index (χ2v) is 4.21. The summed E-state index contributed by atoms with van der Waals surface area (Å²) in [7, 11) is 0. The van der Waals surface area contributed by atoms with Crippen LogP contribution in [0.3, 0.4) is 0 Å². The molecule has 0 aliphatic carbocycles. The molecule has 0 saturated heterocycles. The summed E-state index contributed by atoms with van der Waals surface area (Å²) in [6.45, 7) is -0.551. The Hall–Kier alpha value is -3.16. The van der Waals surface area contributed by atoms with Gasteiger partial charge in [0.2, 0.25) is 0 Å². The number of esters is 1. The monoisotopic (exact) mass is 304 g/mol. The highest BCUT2D eigenvalue weighted by molar-refractivity contribution is 5.95. The van der Waals surface area contributed by atoms with E-state index in [9.17, 15) is 19.7 Å². The highest BCUT2D eigenvalue weighted by atomic mass is 16.6. The summed E-state index contributed by atoms with van der Waals surface area (Å²) in [5.74, 6) is -1.35. The average molecular weight is 304 g/mol. The molecule has 2 rings (SSSR count). The number of amides is 1. The predicted octanol–water partition coefficient (Wildman–Crippen LogP) is 1.66. The third kappa shape index (κ3) is 4.17. The summed E-state index contributed by atoms with van der Waals surface area (Å²) < 4.78 is 9.66. The van der Waals surface area contributed by atoms with Gasteiger partial charge in [-0.3, -0.25) is 19.7 Å². The van der Waals surface area contributed by atoms with Crippen LogP contribution in [0.5, 0.6) is 0 Å². The van der Waals surface area contributed by atoms with E-state index in [0.29, 0.717) is 5.56 Å². The van der Waals surface area contributed by atoms with Crippen molar-refractivity contribution in [1.29, 1.82) is 0 Å². The zero-order chi connectivity index (χ0) is 15.9. The number of carbonyl (C=O) groups excluding carboxylic acids is 2. The number of rotatable bonds is 6. The Morgan fingerprint density at radius 3 is 2.55 bits per heavy atom. The van der Waals surface area contributed by atoms with Crippen molar-refractivity contribution in [2.24, 2.45) is 0 Å². The van der Waals surface area contributed by atoms with Gasteiger partial charge in [0.1, 0.15) is 23.8 Å². The zero-order valence-electron chi connectivity index (χ0n) is 11.4. The van der Waals surface area contributed by atoms with Gasteiger partial charge in [-0.15, -0.1) is 0 Å². The molecule has 114 valence electrons. The molecule has 0 atom stereocenters. The Labute approximate surface area is 124 Å². The standard InChI is InChI=1S/C14H12N2O6/c17-13(8-15-14(18)10-4-2-1-3-5-10)21-9-11-6-7-12(22-11)16(19)20/h1-7H,8-9H2,(H,15,18). The smallest absolute Gasteiger partial charge is 0.433 e. The third-order valence-electron chi connectivity index (χ3n) is 2.63. The van der Waals surface area contributed by atoms with Crippen molar-refractivity contribution in [3.63, 3.8) is 0 Å². The topological polar surface area (TPSA) is 112 Å². The van der Waals surface area contributed by atoms with Crippen molar-refractivity contribution >= 4 is 17.8 Å². The minimum absolute atomic E-state index is 0.148. The van der Waals surface area contributed by atoms with Gasteiger partial charge in [-0.25, -0.2) is 0 Å². The Balaban J connectivity index is 1.76. The van der Waals surface area contributed by atoms with Gasteiger partial charge >= 0.3 is 11.9 Å². The molecule has 0 unspecified atom stereocenters. The summed E-state index contributed by atoms with van der Waals surface area (Å²) in [5.41, 5.74) is 0.428. The Morgan fingerprint density at radius 1 is 1.18 bits per heavy atom. The van der Waals surface area contributed by atoms with Crippen LogP contribution in [0.2, 0.25) is 0 Å². The van der Waals surface area contributed by atoms with Crippen LogP contribution >= 0.6 is 0 Å². The van der Waals surface area contributed by atoms with E-state index in [4.69, 9.17) is 9.15 Å². The van der Waals surface area contributed by atoms with Gasteiger partial charge in [-0.2, -0.15) is 0 Å². The summed E-state index contributed by atoms with van der Waals surface area (Å²) in [4.78, 5) is 32.9. The third-order valence-corrected chi connectivity index (χ3v) is 2.63.